The molecule has 0 aliphatic heterocycles. The van der Waals surface area contributed by atoms with Crippen LogP contribution in [0.1, 0.15) is 11.3 Å². The molecular weight excluding hydrogens is 226 g/mol. The molecule has 2 aromatic rings. The Labute approximate surface area is 108 Å². The maximum absolute atomic E-state index is 5.16. The molecule has 1 heterocycles. The SMILES string of the molecule is CNc1nc(C)cn1-c1ccccc1CCOC. The van der Waals surface area contributed by atoms with Gasteiger partial charge in [0.2, 0.25) is 5.95 Å². The molecule has 4 nitrogen and oxygen atoms in total. The molecule has 1 aromatic heterocycles. The summed E-state index contributed by atoms with van der Waals surface area (Å²) in [6.45, 7) is 2.72. The van der Waals surface area contributed by atoms with E-state index in [1.807, 2.05) is 26.2 Å². The normalized spacial score (nSPS) is 10.6. The summed E-state index contributed by atoms with van der Waals surface area (Å²) in [5.74, 6) is 0.859. The van der Waals surface area contributed by atoms with E-state index in [1.54, 1.807) is 7.11 Å². The fraction of sp³-hybridized carbons (Fsp3) is 0.357. The van der Waals surface area contributed by atoms with Crippen LogP contribution in [-0.4, -0.2) is 30.3 Å². The van der Waals surface area contributed by atoms with Crippen molar-refractivity contribution in [2.24, 2.45) is 0 Å². The zero-order valence-electron chi connectivity index (χ0n) is 11.1. The average molecular weight is 245 g/mol. The summed E-state index contributed by atoms with van der Waals surface area (Å²) in [7, 11) is 3.61. The van der Waals surface area contributed by atoms with Crippen molar-refractivity contribution in [1.82, 2.24) is 9.55 Å². The van der Waals surface area contributed by atoms with Gasteiger partial charge in [-0.1, -0.05) is 18.2 Å². The number of para-hydroxylation sites is 1. The van der Waals surface area contributed by atoms with Gasteiger partial charge in [0, 0.05) is 20.4 Å². The Morgan fingerprint density at radius 3 is 2.83 bits per heavy atom. The lowest BCUT2D eigenvalue weighted by Crippen LogP contribution is -2.05. The van der Waals surface area contributed by atoms with Gasteiger partial charge in [-0.15, -0.1) is 0 Å². The van der Waals surface area contributed by atoms with Gasteiger partial charge >= 0.3 is 0 Å². The van der Waals surface area contributed by atoms with Crippen LogP contribution in [0, 0.1) is 6.92 Å². The van der Waals surface area contributed by atoms with E-state index in [1.165, 1.54) is 5.56 Å². The van der Waals surface area contributed by atoms with Crippen LogP contribution in [0.2, 0.25) is 0 Å². The van der Waals surface area contributed by atoms with E-state index in [4.69, 9.17) is 4.74 Å². The number of methoxy groups -OCH3 is 1. The van der Waals surface area contributed by atoms with Crippen molar-refractivity contribution >= 4 is 5.95 Å². The van der Waals surface area contributed by atoms with Crippen LogP contribution in [0.3, 0.4) is 0 Å². The highest BCUT2D eigenvalue weighted by molar-refractivity contribution is 5.48. The second-order valence-electron chi connectivity index (χ2n) is 4.20. The first-order valence-corrected chi connectivity index (χ1v) is 6.07. The Bertz CT molecular complexity index is 520. The third-order valence-corrected chi connectivity index (χ3v) is 2.88. The first kappa shape index (κ1) is 12.6. The van der Waals surface area contributed by atoms with Crippen LogP contribution in [0.25, 0.3) is 5.69 Å². The van der Waals surface area contributed by atoms with Crippen LogP contribution >= 0.6 is 0 Å². The maximum atomic E-state index is 5.16. The van der Waals surface area contributed by atoms with Crippen molar-refractivity contribution in [3.63, 3.8) is 0 Å². The van der Waals surface area contributed by atoms with Gasteiger partial charge in [0.1, 0.15) is 0 Å². The summed E-state index contributed by atoms with van der Waals surface area (Å²) >= 11 is 0. The molecule has 0 saturated heterocycles. The summed E-state index contributed by atoms with van der Waals surface area (Å²) in [6.07, 6.45) is 2.94. The van der Waals surface area contributed by atoms with Crippen molar-refractivity contribution in [2.45, 2.75) is 13.3 Å². The first-order chi connectivity index (χ1) is 8.76. The highest BCUT2D eigenvalue weighted by atomic mass is 16.5. The predicted molar refractivity (Wildman–Crippen MR) is 73.4 cm³/mol. The Morgan fingerprint density at radius 2 is 2.11 bits per heavy atom. The van der Waals surface area contributed by atoms with Gasteiger partial charge in [0.25, 0.3) is 0 Å². The van der Waals surface area contributed by atoms with Gasteiger partial charge in [-0.3, -0.25) is 4.57 Å². The Hall–Kier alpha value is -1.81. The predicted octanol–water partition coefficient (Wildman–Crippen LogP) is 2.41. The molecule has 0 spiro atoms. The van der Waals surface area contributed by atoms with E-state index >= 15 is 0 Å². The van der Waals surface area contributed by atoms with E-state index < -0.39 is 0 Å². The number of rotatable bonds is 5. The highest BCUT2D eigenvalue weighted by Gasteiger charge is 2.09. The standard InChI is InChI=1S/C14H19N3O/c1-11-10-17(14(15-2)16-11)13-7-5-4-6-12(13)8-9-18-3/h4-7,10H,8-9H2,1-3H3,(H,15,16). The highest BCUT2D eigenvalue weighted by Crippen LogP contribution is 2.20. The summed E-state index contributed by atoms with van der Waals surface area (Å²) < 4.78 is 7.24. The molecular formula is C14H19N3O. The zero-order chi connectivity index (χ0) is 13.0. The number of nitrogens with one attached hydrogen (secondary N) is 1. The molecule has 0 aliphatic carbocycles. The second-order valence-corrected chi connectivity index (χ2v) is 4.20. The third-order valence-electron chi connectivity index (χ3n) is 2.88. The number of ether oxygens (including phenoxy) is 1. The molecule has 18 heavy (non-hydrogen) atoms. The molecule has 4 heteroatoms. The largest absolute Gasteiger partial charge is 0.384 e. The first-order valence-electron chi connectivity index (χ1n) is 6.07. The van der Waals surface area contributed by atoms with Gasteiger partial charge in [0.05, 0.1) is 18.0 Å². The zero-order valence-corrected chi connectivity index (χ0v) is 11.1. The van der Waals surface area contributed by atoms with Crippen LogP contribution in [0.15, 0.2) is 30.5 Å². The van der Waals surface area contributed by atoms with E-state index in [0.717, 1.165) is 30.4 Å². The number of imidazole rings is 1. The molecule has 0 unspecified atom stereocenters. The van der Waals surface area contributed by atoms with Gasteiger partial charge < -0.3 is 10.1 Å². The number of hydrogen-bond acceptors (Lipinski definition) is 3. The fourth-order valence-electron chi connectivity index (χ4n) is 2.03. The third kappa shape index (κ3) is 2.54. The van der Waals surface area contributed by atoms with Gasteiger partial charge in [-0.05, 0) is 25.0 Å². The monoisotopic (exact) mass is 245 g/mol. The summed E-state index contributed by atoms with van der Waals surface area (Å²) in [6, 6.07) is 8.33. The number of hydrogen-bond donors (Lipinski definition) is 1. The number of anilines is 1. The molecule has 0 bridgehead atoms. The molecule has 2 rings (SSSR count). The summed E-state index contributed by atoms with van der Waals surface area (Å²) in [5, 5.41) is 3.12. The number of nitrogens with zero attached hydrogens (tertiary/aromatic N) is 2. The van der Waals surface area contributed by atoms with E-state index in [0.29, 0.717) is 0 Å². The topological polar surface area (TPSA) is 39.1 Å². The van der Waals surface area contributed by atoms with Crippen LogP contribution in [0.4, 0.5) is 5.95 Å². The van der Waals surface area contributed by atoms with Crippen molar-refractivity contribution < 1.29 is 4.74 Å². The van der Waals surface area contributed by atoms with Crippen molar-refractivity contribution in [2.75, 3.05) is 26.1 Å². The van der Waals surface area contributed by atoms with Crippen LogP contribution in [-0.2, 0) is 11.2 Å². The molecule has 1 aromatic carbocycles. The fourth-order valence-corrected chi connectivity index (χ4v) is 2.03. The summed E-state index contributed by atoms with van der Waals surface area (Å²) in [5.41, 5.74) is 3.41. The Kier molecular flexibility index (Phi) is 3.99. The molecule has 0 fully saturated rings. The number of aromatic nitrogens is 2. The minimum atomic E-state index is 0.722. The van der Waals surface area contributed by atoms with Crippen molar-refractivity contribution in [3.05, 3.63) is 41.7 Å². The lowest BCUT2D eigenvalue weighted by atomic mass is 10.1. The molecule has 1 N–H and O–H groups in total. The lowest BCUT2D eigenvalue weighted by Gasteiger charge is -2.12. The van der Waals surface area contributed by atoms with E-state index in [2.05, 4.69) is 33.1 Å². The maximum Gasteiger partial charge on any atom is 0.207 e. The summed E-state index contributed by atoms with van der Waals surface area (Å²) in [4.78, 5) is 4.45. The Balaban J connectivity index is 2.42. The minimum Gasteiger partial charge on any atom is -0.384 e. The molecule has 0 saturated carbocycles. The second kappa shape index (κ2) is 5.69. The number of aryl methyl sites for hydroxylation is 1. The van der Waals surface area contributed by atoms with Gasteiger partial charge in [0.15, 0.2) is 0 Å². The molecule has 96 valence electrons. The molecule has 0 radical (unpaired) electrons. The van der Waals surface area contributed by atoms with Crippen LogP contribution < -0.4 is 5.32 Å². The van der Waals surface area contributed by atoms with Crippen molar-refractivity contribution in [1.29, 1.82) is 0 Å². The van der Waals surface area contributed by atoms with Crippen LogP contribution in [0.5, 0.6) is 0 Å². The van der Waals surface area contributed by atoms with Gasteiger partial charge in [-0.25, -0.2) is 4.98 Å². The van der Waals surface area contributed by atoms with Crippen molar-refractivity contribution in [3.8, 4) is 5.69 Å². The lowest BCUT2D eigenvalue weighted by molar-refractivity contribution is 0.202. The van der Waals surface area contributed by atoms with E-state index in [-0.39, 0.29) is 0 Å². The quantitative estimate of drug-likeness (QED) is 0.879. The minimum absolute atomic E-state index is 0.722. The number of benzene rings is 1. The van der Waals surface area contributed by atoms with E-state index in [9.17, 15) is 0 Å². The molecule has 0 amide bonds. The molecule has 0 aliphatic rings. The smallest absolute Gasteiger partial charge is 0.207 e. The molecule has 0 atom stereocenters. The Morgan fingerprint density at radius 1 is 1.33 bits per heavy atom. The average Bonchev–Trinajstić information content (AvgIpc) is 2.77. The van der Waals surface area contributed by atoms with Gasteiger partial charge in [-0.2, -0.15) is 0 Å².